The summed E-state index contributed by atoms with van der Waals surface area (Å²) in [6.45, 7) is -0.400. The number of fused-ring (bicyclic) bond motifs is 1. The van der Waals surface area contributed by atoms with Crippen LogP contribution < -0.4 is 4.72 Å². The van der Waals surface area contributed by atoms with Gasteiger partial charge in [0.25, 0.3) is 0 Å². The highest BCUT2D eigenvalue weighted by Crippen LogP contribution is 2.51. The van der Waals surface area contributed by atoms with Crippen molar-refractivity contribution in [3.05, 3.63) is 34.9 Å². The SMILES string of the molecule is C#Cc1ccc2c(c1)CC1CCC(C2)C12CN(CC(F)(F)F)SN2. The maximum Gasteiger partial charge on any atom is 0.402 e. The summed E-state index contributed by atoms with van der Waals surface area (Å²) in [6.07, 6.45) is 5.32. The predicted octanol–water partition coefficient (Wildman–Crippen LogP) is 3.56. The molecule has 2 aliphatic carbocycles. The number of hydrogen-bond donors (Lipinski definition) is 1. The van der Waals surface area contributed by atoms with Crippen molar-refractivity contribution >= 4 is 12.1 Å². The number of nitrogens with one attached hydrogen (secondary N) is 1. The topological polar surface area (TPSA) is 15.3 Å². The van der Waals surface area contributed by atoms with Gasteiger partial charge in [-0.1, -0.05) is 12.0 Å². The van der Waals surface area contributed by atoms with E-state index in [-0.39, 0.29) is 5.54 Å². The number of benzene rings is 1. The van der Waals surface area contributed by atoms with Crippen LogP contribution >= 0.6 is 12.1 Å². The Morgan fingerprint density at radius 3 is 2.62 bits per heavy atom. The van der Waals surface area contributed by atoms with Crippen LogP contribution in [-0.2, 0) is 12.8 Å². The van der Waals surface area contributed by atoms with E-state index in [0.29, 0.717) is 18.4 Å². The van der Waals surface area contributed by atoms with E-state index in [1.807, 2.05) is 6.07 Å². The minimum absolute atomic E-state index is 0.217. The maximum atomic E-state index is 12.8. The lowest BCUT2D eigenvalue weighted by molar-refractivity contribution is -0.135. The van der Waals surface area contributed by atoms with E-state index in [9.17, 15) is 13.2 Å². The van der Waals surface area contributed by atoms with Gasteiger partial charge in [-0.15, -0.1) is 6.42 Å². The molecular weight excluding hydrogens is 333 g/mol. The van der Waals surface area contributed by atoms with Crippen LogP contribution in [0.5, 0.6) is 0 Å². The van der Waals surface area contributed by atoms with Gasteiger partial charge in [0.15, 0.2) is 0 Å². The fourth-order valence-corrected chi connectivity index (χ4v) is 5.86. The third-order valence-corrected chi connectivity index (χ3v) is 6.77. The average molecular weight is 352 g/mol. The standard InChI is InChI=1S/C18H19F3N2S/c1-2-12-3-4-13-8-15-5-6-16(9-14(13)7-12)17(15)10-23(24-22-17)11-18(19,20)21/h1,3-4,7,15-16,22H,5-6,8-11H2. The first kappa shape index (κ1) is 16.3. The van der Waals surface area contributed by atoms with Gasteiger partial charge in [0.1, 0.15) is 6.54 Å². The first-order valence-electron chi connectivity index (χ1n) is 8.24. The molecule has 1 aromatic rings. The molecule has 3 unspecified atom stereocenters. The van der Waals surface area contributed by atoms with Crippen LogP contribution in [0.3, 0.4) is 0 Å². The molecule has 3 atom stereocenters. The van der Waals surface area contributed by atoms with Crippen molar-refractivity contribution in [3.8, 4) is 12.3 Å². The molecule has 2 nitrogen and oxygen atoms in total. The Bertz CT molecular complexity index is 696. The summed E-state index contributed by atoms with van der Waals surface area (Å²) in [5, 5.41) is 0. The second kappa shape index (κ2) is 5.69. The van der Waals surface area contributed by atoms with Gasteiger partial charge in [-0.25, -0.2) is 9.03 Å². The Kier molecular flexibility index (Phi) is 3.87. The molecule has 0 aromatic heterocycles. The molecule has 0 amide bonds. The van der Waals surface area contributed by atoms with Crippen LogP contribution in [-0.4, -0.2) is 29.1 Å². The van der Waals surface area contributed by atoms with Crippen LogP contribution in [0.4, 0.5) is 13.2 Å². The number of halogens is 3. The van der Waals surface area contributed by atoms with E-state index in [0.717, 1.165) is 43.4 Å². The van der Waals surface area contributed by atoms with Gasteiger partial charge in [-0.3, -0.25) is 0 Å². The molecule has 1 saturated carbocycles. The maximum absolute atomic E-state index is 12.8. The molecule has 4 rings (SSSR count). The van der Waals surface area contributed by atoms with Crippen LogP contribution in [0.25, 0.3) is 0 Å². The lowest BCUT2D eigenvalue weighted by Crippen LogP contribution is -2.51. The summed E-state index contributed by atoms with van der Waals surface area (Å²) in [5.74, 6) is 3.43. The van der Waals surface area contributed by atoms with Gasteiger partial charge < -0.3 is 0 Å². The van der Waals surface area contributed by atoms with Gasteiger partial charge in [0.05, 0.1) is 0 Å². The summed E-state index contributed by atoms with van der Waals surface area (Å²) in [5.41, 5.74) is 3.25. The van der Waals surface area contributed by atoms with Gasteiger partial charge >= 0.3 is 6.18 Å². The van der Waals surface area contributed by atoms with Crippen molar-refractivity contribution in [2.45, 2.75) is 37.4 Å². The highest BCUT2D eigenvalue weighted by atomic mass is 32.2. The summed E-state index contributed by atoms with van der Waals surface area (Å²) in [7, 11) is 0. The molecule has 128 valence electrons. The normalized spacial score (nSPS) is 32.6. The van der Waals surface area contributed by atoms with Crippen molar-refractivity contribution in [3.63, 3.8) is 0 Å². The largest absolute Gasteiger partial charge is 0.402 e. The molecule has 6 heteroatoms. The Morgan fingerprint density at radius 2 is 1.96 bits per heavy atom. The first-order chi connectivity index (χ1) is 11.4. The molecule has 1 spiro atoms. The van der Waals surface area contributed by atoms with Crippen molar-refractivity contribution in [2.75, 3.05) is 13.1 Å². The molecule has 1 aliphatic heterocycles. The smallest absolute Gasteiger partial charge is 0.243 e. The molecule has 0 radical (unpaired) electrons. The monoisotopic (exact) mass is 352 g/mol. The summed E-state index contributed by atoms with van der Waals surface area (Å²) < 4.78 is 43.1. The predicted molar refractivity (Wildman–Crippen MR) is 89.1 cm³/mol. The Labute approximate surface area is 144 Å². The van der Waals surface area contributed by atoms with E-state index in [1.165, 1.54) is 15.4 Å². The second-order valence-corrected chi connectivity index (χ2v) is 8.06. The Morgan fingerprint density at radius 1 is 1.25 bits per heavy atom. The van der Waals surface area contributed by atoms with Gasteiger partial charge in [0, 0.05) is 29.8 Å². The first-order valence-corrected chi connectivity index (χ1v) is 9.01. The molecule has 1 aromatic carbocycles. The molecule has 1 saturated heterocycles. The molecule has 3 aliphatic rings. The number of terminal acetylenes is 1. The highest BCUT2D eigenvalue weighted by molar-refractivity contribution is 7.95. The number of nitrogens with zero attached hydrogens (tertiary/aromatic N) is 1. The zero-order valence-electron chi connectivity index (χ0n) is 13.2. The van der Waals surface area contributed by atoms with Crippen molar-refractivity contribution < 1.29 is 13.2 Å². The van der Waals surface area contributed by atoms with Crippen LogP contribution in [0.2, 0.25) is 0 Å². The molecule has 2 fully saturated rings. The fraction of sp³-hybridized carbons (Fsp3) is 0.556. The van der Waals surface area contributed by atoms with Gasteiger partial charge in [0.2, 0.25) is 0 Å². The number of rotatable bonds is 1. The van der Waals surface area contributed by atoms with Crippen molar-refractivity contribution in [1.29, 1.82) is 0 Å². The number of alkyl halides is 3. The lowest BCUT2D eigenvalue weighted by Gasteiger charge is -2.34. The van der Waals surface area contributed by atoms with Gasteiger partial charge in [-0.2, -0.15) is 13.2 Å². The quantitative estimate of drug-likeness (QED) is 0.615. The molecule has 2 bridgehead atoms. The summed E-state index contributed by atoms with van der Waals surface area (Å²) >= 11 is 1.15. The molecule has 1 N–H and O–H groups in total. The minimum Gasteiger partial charge on any atom is -0.243 e. The lowest BCUT2D eigenvalue weighted by atomic mass is 9.79. The third-order valence-electron chi connectivity index (χ3n) is 5.78. The zero-order valence-corrected chi connectivity index (χ0v) is 14.0. The third kappa shape index (κ3) is 2.73. The fourth-order valence-electron chi connectivity index (χ4n) is 4.67. The van der Waals surface area contributed by atoms with E-state index in [4.69, 9.17) is 6.42 Å². The molecule has 24 heavy (non-hydrogen) atoms. The van der Waals surface area contributed by atoms with Crippen LogP contribution in [0.1, 0.15) is 29.5 Å². The number of hydrogen-bond acceptors (Lipinski definition) is 3. The van der Waals surface area contributed by atoms with Crippen molar-refractivity contribution in [1.82, 2.24) is 9.03 Å². The van der Waals surface area contributed by atoms with Crippen LogP contribution in [0.15, 0.2) is 18.2 Å². The molecule has 1 heterocycles. The Hall–Kier alpha value is -1.16. The van der Waals surface area contributed by atoms with E-state index >= 15 is 0 Å². The average Bonchev–Trinajstić information content (AvgIpc) is 3.00. The van der Waals surface area contributed by atoms with E-state index < -0.39 is 12.7 Å². The van der Waals surface area contributed by atoms with E-state index in [1.54, 1.807) is 0 Å². The van der Waals surface area contributed by atoms with Crippen LogP contribution in [0, 0.1) is 24.2 Å². The second-order valence-electron chi connectivity index (χ2n) is 7.15. The van der Waals surface area contributed by atoms with E-state index in [2.05, 4.69) is 22.8 Å². The highest BCUT2D eigenvalue weighted by Gasteiger charge is 2.56. The summed E-state index contributed by atoms with van der Waals surface area (Å²) in [6, 6.07) is 6.16. The van der Waals surface area contributed by atoms with Crippen molar-refractivity contribution in [2.24, 2.45) is 11.8 Å². The minimum atomic E-state index is -4.16. The Balaban J connectivity index is 1.61. The summed E-state index contributed by atoms with van der Waals surface area (Å²) in [4.78, 5) is 0. The zero-order chi connectivity index (χ0) is 16.9. The van der Waals surface area contributed by atoms with Gasteiger partial charge in [-0.05, 0) is 60.8 Å². The molecular formula is C18H19F3N2S.